The van der Waals surface area contributed by atoms with E-state index in [1.807, 2.05) is 5.32 Å². The van der Waals surface area contributed by atoms with Gasteiger partial charge in [0.25, 0.3) is 0 Å². The molecule has 0 unspecified atom stereocenters. The van der Waals surface area contributed by atoms with Crippen molar-refractivity contribution < 1.29 is 42.2 Å². The summed E-state index contributed by atoms with van der Waals surface area (Å²) in [5.74, 6) is -5.64. The molecule has 0 bridgehead atoms. The van der Waals surface area contributed by atoms with Crippen LogP contribution >= 0.6 is 0 Å². The summed E-state index contributed by atoms with van der Waals surface area (Å²) < 4.78 is 41.8. The third-order valence-corrected chi connectivity index (χ3v) is 3.24. The summed E-state index contributed by atoms with van der Waals surface area (Å²) >= 11 is 0. The Morgan fingerprint density at radius 1 is 1.35 bits per heavy atom. The van der Waals surface area contributed by atoms with Crippen LogP contribution in [0.4, 0.5) is 13.2 Å². The Morgan fingerprint density at radius 3 is 2.43 bits per heavy atom. The number of likely N-dealkylation sites (tertiary alicyclic amines) is 1. The van der Waals surface area contributed by atoms with Crippen molar-refractivity contribution in [1.82, 2.24) is 10.2 Å². The number of alkyl halides is 3. The Hall–Kier alpha value is -2.33. The third-order valence-electron chi connectivity index (χ3n) is 3.24. The van der Waals surface area contributed by atoms with Crippen molar-refractivity contribution >= 4 is 23.8 Å². The largest absolute Gasteiger partial charge is 0.481 e. The molecule has 2 amide bonds. The number of ether oxygens (including phenoxy) is 1. The van der Waals surface area contributed by atoms with Crippen LogP contribution in [-0.4, -0.2) is 65.7 Å². The molecule has 1 heterocycles. The van der Waals surface area contributed by atoms with Gasteiger partial charge in [0.1, 0.15) is 12.1 Å². The maximum atomic E-state index is 12.5. The van der Waals surface area contributed by atoms with Crippen LogP contribution in [0.15, 0.2) is 0 Å². The molecule has 0 aliphatic carbocycles. The first-order chi connectivity index (χ1) is 10.6. The van der Waals surface area contributed by atoms with Crippen LogP contribution < -0.4 is 5.32 Å². The van der Waals surface area contributed by atoms with Crippen molar-refractivity contribution in [2.75, 3.05) is 13.7 Å². The van der Waals surface area contributed by atoms with Gasteiger partial charge in [0.05, 0.1) is 13.5 Å². The van der Waals surface area contributed by atoms with E-state index in [0.717, 1.165) is 7.11 Å². The maximum Gasteiger partial charge on any atom is 0.471 e. The minimum atomic E-state index is -5.12. The summed E-state index contributed by atoms with van der Waals surface area (Å²) in [4.78, 5) is 45.7. The SMILES string of the molecule is COC(=O)[C@@H](CC(=O)O)NC(=O)[C@@H]1CCCN1C(=O)C(F)(F)F. The molecule has 0 radical (unpaired) electrons. The first-order valence-corrected chi connectivity index (χ1v) is 6.55. The molecule has 2 N–H and O–H groups in total. The van der Waals surface area contributed by atoms with Crippen LogP contribution in [-0.2, 0) is 23.9 Å². The molecule has 1 fully saturated rings. The van der Waals surface area contributed by atoms with Crippen molar-refractivity contribution in [3.63, 3.8) is 0 Å². The highest BCUT2D eigenvalue weighted by atomic mass is 19.4. The van der Waals surface area contributed by atoms with E-state index in [4.69, 9.17) is 5.11 Å². The number of carbonyl (C=O) groups is 4. The second kappa shape index (κ2) is 7.29. The van der Waals surface area contributed by atoms with Gasteiger partial charge in [0.15, 0.2) is 0 Å². The fraction of sp³-hybridized carbons (Fsp3) is 0.667. The molecular weight excluding hydrogens is 325 g/mol. The third kappa shape index (κ3) is 4.83. The zero-order chi connectivity index (χ0) is 17.8. The minimum absolute atomic E-state index is 0.0192. The number of hydrogen-bond acceptors (Lipinski definition) is 5. The second-order valence-electron chi connectivity index (χ2n) is 4.84. The van der Waals surface area contributed by atoms with E-state index in [1.165, 1.54) is 0 Å². The Morgan fingerprint density at radius 2 is 1.96 bits per heavy atom. The van der Waals surface area contributed by atoms with Gasteiger partial charge in [-0.3, -0.25) is 14.4 Å². The van der Waals surface area contributed by atoms with E-state index in [1.54, 1.807) is 0 Å². The van der Waals surface area contributed by atoms with Crippen molar-refractivity contribution in [3.05, 3.63) is 0 Å². The van der Waals surface area contributed by atoms with Crippen LogP contribution in [0.1, 0.15) is 19.3 Å². The van der Waals surface area contributed by atoms with Gasteiger partial charge in [-0.05, 0) is 12.8 Å². The van der Waals surface area contributed by atoms with E-state index >= 15 is 0 Å². The Labute approximate surface area is 128 Å². The predicted molar refractivity (Wildman–Crippen MR) is 67.0 cm³/mol. The van der Waals surface area contributed by atoms with Gasteiger partial charge in [-0.2, -0.15) is 13.2 Å². The highest BCUT2D eigenvalue weighted by Gasteiger charge is 2.48. The second-order valence-corrected chi connectivity index (χ2v) is 4.84. The number of carbonyl (C=O) groups excluding carboxylic acids is 3. The number of methoxy groups -OCH3 is 1. The molecule has 11 heteroatoms. The van der Waals surface area contributed by atoms with E-state index < -0.39 is 48.4 Å². The lowest BCUT2D eigenvalue weighted by molar-refractivity contribution is -0.186. The number of nitrogens with one attached hydrogen (secondary N) is 1. The lowest BCUT2D eigenvalue weighted by atomic mass is 10.1. The first-order valence-electron chi connectivity index (χ1n) is 6.55. The van der Waals surface area contributed by atoms with Crippen molar-refractivity contribution in [2.45, 2.75) is 37.5 Å². The molecule has 1 saturated heterocycles. The molecule has 1 aliphatic heterocycles. The number of halogens is 3. The van der Waals surface area contributed by atoms with E-state index in [0.29, 0.717) is 4.90 Å². The average molecular weight is 340 g/mol. The van der Waals surface area contributed by atoms with Gasteiger partial charge < -0.3 is 20.1 Å². The number of carboxylic acids is 1. The van der Waals surface area contributed by atoms with Crippen LogP contribution in [0, 0.1) is 0 Å². The zero-order valence-electron chi connectivity index (χ0n) is 12.1. The molecule has 23 heavy (non-hydrogen) atoms. The highest BCUT2D eigenvalue weighted by Crippen LogP contribution is 2.25. The Bertz CT molecular complexity index is 508. The Kier molecular flexibility index (Phi) is 5.93. The van der Waals surface area contributed by atoms with Gasteiger partial charge in [-0.15, -0.1) is 0 Å². The van der Waals surface area contributed by atoms with Crippen LogP contribution in [0.25, 0.3) is 0 Å². The van der Waals surface area contributed by atoms with E-state index in [9.17, 15) is 32.3 Å². The van der Waals surface area contributed by atoms with Crippen LogP contribution in [0.3, 0.4) is 0 Å². The fourth-order valence-electron chi connectivity index (χ4n) is 2.22. The van der Waals surface area contributed by atoms with Gasteiger partial charge in [-0.1, -0.05) is 0 Å². The molecule has 0 aromatic rings. The number of hydrogen-bond donors (Lipinski definition) is 2. The van der Waals surface area contributed by atoms with Gasteiger partial charge in [0, 0.05) is 6.54 Å². The number of carboxylic acid groups (broad SMARTS) is 1. The number of rotatable bonds is 5. The van der Waals surface area contributed by atoms with Crippen molar-refractivity contribution in [3.8, 4) is 0 Å². The summed E-state index contributed by atoms with van der Waals surface area (Å²) in [6.45, 7) is -0.252. The number of nitrogens with zero attached hydrogens (tertiary/aromatic N) is 1. The van der Waals surface area contributed by atoms with Crippen LogP contribution in [0.5, 0.6) is 0 Å². The van der Waals surface area contributed by atoms with E-state index in [2.05, 4.69) is 4.74 Å². The topological polar surface area (TPSA) is 113 Å². The maximum absolute atomic E-state index is 12.5. The molecule has 0 spiro atoms. The molecule has 2 atom stereocenters. The summed E-state index contributed by atoms with van der Waals surface area (Å²) in [6.07, 6.45) is -5.75. The molecule has 0 saturated carbocycles. The average Bonchev–Trinajstić information content (AvgIpc) is 2.92. The summed E-state index contributed by atoms with van der Waals surface area (Å²) in [5, 5.41) is 10.7. The van der Waals surface area contributed by atoms with Crippen LogP contribution in [0.2, 0.25) is 0 Å². The van der Waals surface area contributed by atoms with Crippen molar-refractivity contribution in [2.24, 2.45) is 0 Å². The van der Waals surface area contributed by atoms with Crippen molar-refractivity contribution in [1.29, 1.82) is 0 Å². The quantitative estimate of drug-likeness (QED) is 0.663. The Balaban J connectivity index is 2.83. The van der Waals surface area contributed by atoms with Gasteiger partial charge >= 0.3 is 24.0 Å². The predicted octanol–water partition coefficient (Wildman–Crippen LogP) is -0.328. The smallest absolute Gasteiger partial charge is 0.471 e. The highest BCUT2D eigenvalue weighted by molar-refractivity contribution is 5.93. The lowest BCUT2D eigenvalue weighted by Gasteiger charge is -2.26. The normalized spacial score (nSPS) is 19.1. The molecule has 0 aromatic carbocycles. The minimum Gasteiger partial charge on any atom is -0.481 e. The van der Waals surface area contributed by atoms with Gasteiger partial charge in [-0.25, -0.2) is 4.79 Å². The molecule has 8 nitrogen and oxygen atoms in total. The van der Waals surface area contributed by atoms with Gasteiger partial charge in [0.2, 0.25) is 5.91 Å². The number of esters is 1. The zero-order valence-corrected chi connectivity index (χ0v) is 12.1. The summed E-state index contributed by atoms with van der Waals surface area (Å²) in [7, 11) is 0.971. The molecule has 1 rings (SSSR count). The molecule has 1 aliphatic rings. The summed E-state index contributed by atoms with van der Waals surface area (Å²) in [6, 6.07) is -2.96. The molecule has 130 valence electrons. The standard InChI is InChI=1S/C12H15F3N2O6/c1-23-10(21)6(5-8(18)19)16-9(20)7-3-2-4-17(7)11(22)12(13,14)15/h6-7H,2-5H2,1H3,(H,16,20)(H,18,19)/t6-,7+/m1/s1. The fourth-order valence-corrected chi connectivity index (χ4v) is 2.22. The lowest BCUT2D eigenvalue weighted by Crippen LogP contribution is -2.53. The monoisotopic (exact) mass is 340 g/mol. The number of aliphatic carboxylic acids is 1. The molecule has 0 aromatic heterocycles. The summed E-state index contributed by atoms with van der Waals surface area (Å²) in [5.41, 5.74) is 0. The number of amides is 2. The molecular formula is C12H15F3N2O6. The first kappa shape index (κ1) is 18.7. The van der Waals surface area contributed by atoms with E-state index in [-0.39, 0.29) is 19.4 Å².